The van der Waals surface area contributed by atoms with Gasteiger partial charge in [-0.05, 0) is 31.1 Å². The van der Waals surface area contributed by atoms with Crippen molar-refractivity contribution in [1.29, 1.82) is 0 Å². The molecule has 0 aromatic carbocycles. The second-order valence-electron chi connectivity index (χ2n) is 8.20. The first kappa shape index (κ1) is 19.0. The molecule has 1 amide bonds. The SMILES string of the molecule is O=C(CCC1CCCCC1)N1CCCC(Cc2nc(-c3cnccn3)no2)C1. The van der Waals surface area contributed by atoms with E-state index in [-0.39, 0.29) is 0 Å². The molecule has 150 valence electrons. The van der Waals surface area contributed by atoms with Gasteiger partial charge in [0.25, 0.3) is 0 Å². The number of rotatable bonds is 6. The molecule has 0 bridgehead atoms. The molecule has 3 heterocycles. The number of hydrogen-bond donors (Lipinski definition) is 0. The Morgan fingerprint density at radius 1 is 1.11 bits per heavy atom. The van der Waals surface area contributed by atoms with Crippen molar-refractivity contribution in [2.75, 3.05) is 13.1 Å². The highest BCUT2D eigenvalue weighted by Crippen LogP contribution is 2.28. The molecular formula is C21H29N5O2. The van der Waals surface area contributed by atoms with Gasteiger partial charge in [0.05, 0.1) is 6.20 Å². The molecule has 2 aromatic heterocycles. The Kier molecular flexibility index (Phi) is 6.29. The third-order valence-electron chi connectivity index (χ3n) is 6.09. The fourth-order valence-electron chi connectivity index (χ4n) is 4.52. The van der Waals surface area contributed by atoms with E-state index in [1.54, 1.807) is 18.6 Å². The molecule has 2 aromatic rings. The van der Waals surface area contributed by atoms with Crippen LogP contribution < -0.4 is 0 Å². The molecular weight excluding hydrogens is 354 g/mol. The maximum absolute atomic E-state index is 12.7. The number of likely N-dealkylation sites (tertiary alicyclic amines) is 1. The van der Waals surface area contributed by atoms with E-state index in [0.29, 0.717) is 42.1 Å². The predicted molar refractivity (Wildman–Crippen MR) is 104 cm³/mol. The van der Waals surface area contributed by atoms with Gasteiger partial charge in [0.15, 0.2) is 0 Å². The molecule has 1 aliphatic heterocycles. The zero-order chi connectivity index (χ0) is 19.2. The summed E-state index contributed by atoms with van der Waals surface area (Å²) in [5.74, 6) is 2.54. The first-order chi connectivity index (χ1) is 13.8. The van der Waals surface area contributed by atoms with Crippen LogP contribution >= 0.6 is 0 Å². The number of amides is 1. The molecule has 0 N–H and O–H groups in total. The highest BCUT2D eigenvalue weighted by Gasteiger charge is 2.26. The van der Waals surface area contributed by atoms with Crippen LogP contribution in [0.2, 0.25) is 0 Å². The van der Waals surface area contributed by atoms with E-state index in [0.717, 1.165) is 38.3 Å². The van der Waals surface area contributed by atoms with Crippen LogP contribution in [0.4, 0.5) is 0 Å². The fourth-order valence-corrected chi connectivity index (χ4v) is 4.52. The van der Waals surface area contributed by atoms with Crippen molar-refractivity contribution in [3.63, 3.8) is 0 Å². The van der Waals surface area contributed by atoms with Crippen LogP contribution in [0.1, 0.15) is 63.7 Å². The minimum Gasteiger partial charge on any atom is -0.342 e. The van der Waals surface area contributed by atoms with Gasteiger partial charge in [0.1, 0.15) is 5.69 Å². The van der Waals surface area contributed by atoms with E-state index in [1.165, 1.54) is 32.1 Å². The van der Waals surface area contributed by atoms with Gasteiger partial charge < -0.3 is 9.42 Å². The number of carbonyl (C=O) groups is 1. The maximum atomic E-state index is 12.7. The Labute approximate surface area is 165 Å². The Morgan fingerprint density at radius 2 is 1.96 bits per heavy atom. The first-order valence-electron chi connectivity index (χ1n) is 10.6. The summed E-state index contributed by atoms with van der Waals surface area (Å²) in [5.41, 5.74) is 0.612. The van der Waals surface area contributed by atoms with Crippen LogP contribution in [0.5, 0.6) is 0 Å². The number of aromatic nitrogens is 4. The van der Waals surface area contributed by atoms with Gasteiger partial charge in [0.2, 0.25) is 17.6 Å². The standard InChI is InChI=1S/C21H29N5O2/c27-20(9-8-16-5-2-1-3-6-16)26-12-4-7-17(15-26)13-19-24-21(25-28-19)18-14-22-10-11-23-18/h10-11,14,16-17H,1-9,12-13,15H2. The molecule has 1 saturated carbocycles. The van der Waals surface area contributed by atoms with Crippen LogP contribution in [-0.4, -0.2) is 44.0 Å². The molecule has 1 saturated heterocycles. The Balaban J connectivity index is 1.28. The quantitative estimate of drug-likeness (QED) is 0.757. The lowest BCUT2D eigenvalue weighted by molar-refractivity contribution is -0.133. The summed E-state index contributed by atoms with van der Waals surface area (Å²) in [6.07, 6.45) is 16.1. The van der Waals surface area contributed by atoms with E-state index in [2.05, 4.69) is 25.0 Å². The zero-order valence-corrected chi connectivity index (χ0v) is 16.4. The van der Waals surface area contributed by atoms with E-state index in [4.69, 9.17) is 4.52 Å². The minimum absolute atomic E-state index is 0.320. The lowest BCUT2D eigenvalue weighted by Crippen LogP contribution is -2.40. The van der Waals surface area contributed by atoms with Crippen LogP contribution in [0.15, 0.2) is 23.1 Å². The first-order valence-corrected chi connectivity index (χ1v) is 10.6. The maximum Gasteiger partial charge on any atom is 0.227 e. The lowest BCUT2D eigenvalue weighted by atomic mass is 9.86. The van der Waals surface area contributed by atoms with Crippen LogP contribution in [0, 0.1) is 11.8 Å². The van der Waals surface area contributed by atoms with Crippen molar-refractivity contribution in [3.8, 4) is 11.5 Å². The fraction of sp³-hybridized carbons (Fsp3) is 0.667. The summed E-state index contributed by atoms with van der Waals surface area (Å²) in [6.45, 7) is 1.68. The third kappa shape index (κ3) is 4.94. The number of nitrogens with zero attached hydrogens (tertiary/aromatic N) is 5. The largest absolute Gasteiger partial charge is 0.342 e. The molecule has 0 radical (unpaired) electrons. The number of hydrogen-bond acceptors (Lipinski definition) is 6. The molecule has 1 unspecified atom stereocenters. The van der Waals surface area contributed by atoms with Crippen LogP contribution in [-0.2, 0) is 11.2 Å². The van der Waals surface area contributed by atoms with Gasteiger partial charge in [-0.15, -0.1) is 0 Å². The third-order valence-corrected chi connectivity index (χ3v) is 6.09. The Bertz CT molecular complexity index is 757. The van der Waals surface area contributed by atoms with Crippen molar-refractivity contribution in [2.45, 2.75) is 64.2 Å². The average molecular weight is 383 g/mol. The highest BCUT2D eigenvalue weighted by atomic mass is 16.5. The molecule has 28 heavy (non-hydrogen) atoms. The molecule has 1 atom stereocenters. The van der Waals surface area contributed by atoms with Crippen molar-refractivity contribution < 1.29 is 9.32 Å². The second-order valence-corrected chi connectivity index (χ2v) is 8.20. The Morgan fingerprint density at radius 3 is 2.79 bits per heavy atom. The van der Waals surface area contributed by atoms with Gasteiger partial charge in [-0.25, -0.2) is 4.98 Å². The van der Waals surface area contributed by atoms with E-state index in [9.17, 15) is 4.79 Å². The monoisotopic (exact) mass is 383 g/mol. The smallest absolute Gasteiger partial charge is 0.227 e. The summed E-state index contributed by atoms with van der Waals surface area (Å²) >= 11 is 0. The number of carbonyl (C=O) groups excluding carboxylic acids is 1. The summed E-state index contributed by atoms with van der Waals surface area (Å²) in [7, 11) is 0. The van der Waals surface area contributed by atoms with Gasteiger partial charge in [-0.2, -0.15) is 4.98 Å². The van der Waals surface area contributed by atoms with Gasteiger partial charge in [-0.1, -0.05) is 37.3 Å². The lowest BCUT2D eigenvalue weighted by Gasteiger charge is -2.33. The van der Waals surface area contributed by atoms with Gasteiger partial charge in [-0.3, -0.25) is 9.78 Å². The predicted octanol–water partition coefficient (Wildman–Crippen LogP) is 3.67. The summed E-state index contributed by atoms with van der Waals surface area (Å²) in [5, 5.41) is 4.02. The van der Waals surface area contributed by atoms with Crippen molar-refractivity contribution in [2.24, 2.45) is 11.8 Å². The van der Waals surface area contributed by atoms with Crippen LogP contribution in [0.3, 0.4) is 0 Å². The normalized spacial score (nSPS) is 21.0. The van der Waals surface area contributed by atoms with E-state index in [1.807, 2.05) is 0 Å². The molecule has 7 nitrogen and oxygen atoms in total. The molecule has 0 spiro atoms. The van der Waals surface area contributed by atoms with Gasteiger partial charge >= 0.3 is 0 Å². The average Bonchev–Trinajstić information content (AvgIpc) is 3.22. The van der Waals surface area contributed by atoms with Gasteiger partial charge in [0, 0.05) is 38.3 Å². The summed E-state index contributed by atoms with van der Waals surface area (Å²) in [4.78, 5) is 27.4. The summed E-state index contributed by atoms with van der Waals surface area (Å²) < 4.78 is 5.41. The molecule has 2 fully saturated rings. The van der Waals surface area contributed by atoms with Crippen molar-refractivity contribution in [3.05, 3.63) is 24.5 Å². The van der Waals surface area contributed by atoms with E-state index < -0.39 is 0 Å². The Hall–Kier alpha value is -2.31. The molecule has 7 heteroatoms. The summed E-state index contributed by atoms with van der Waals surface area (Å²) in [6, 6.07) is 0. The molecule has 2 aliphatic rings. The molecule has 1 aliphatic carbocycles. The zero-order valence-electron chi connectivity index (χ0n) is 16.4. The van der Waals surface area contributed by atoms with Crippen LogP contribution in [0.25, 0.3) is 11.5 Å². The number of piperidine rings is 1. The minimum atomic E-state index is 0.320. The van der Waals surface area contributed by atoms with E-state index >= 15 is 0 Å². The second kappa shape index (κ2) is 9.26. The van der Waals surface area contributed by atoms with Crippen molar-refractivity contribution >= 4 is 5.91 Å². The topological polar surface area (TPSA) is 85.0 Å². The highest BCUT2D eigenvalue weighted by molar-refractivity contribution is 5.76. The van der Waals surface area contributed by atoms with Crippen molar-refractivity contribution in [1.82, 2.24) is 25.0 Å². The molecule has 4 rings (SSSR count).